The van der Waals surface area contributed by atoms with E-state index < -0.39 is 0 Å². The molecule has 1 aliphatic heterocycles. The number of carbonyl (C=O) groups is 2. The first-order chi connectivity index (χ1) is 20.5. The molecule has 0 bridgehead atoms. The Bertz CT molecular complexity index is 1750. The first-order valence-electron chi connectivity index (χ1n) is 14.0. The van der Waals surface area contributed by atoms with Crippen LogP contribution in [0.2, 0.25) is 0 Å². The highest BCUT2D eigenvalue weighted by Crippen LogP contribution is 2.32. The number of fused-ring (bicyclic) bond motifs is 1. The molecule has 12 heteroatoms. The van der Waals surface area contributed by atoms with E-state index in [0.717, 1.165) is 18.4 Å². The second-order valence-corrected chi connectivity index (χ2v) is 10.7. The van der Waals surface area contributed by atoms with Crippen LogP contribution in [0.25, 0.3) is 22.6 Å². The Kier molecular flexibility index (Phi) is 6.67. The third-order valence-electron chi connectivity index (χ3n) is 7.68. The van der Waals surface area contributed by atoms with Crippen LogP contribution in [0.1, 0.15) is 40.8 Å². The van der Waals surface area contributed by atoms with Gasteiger partial charge in [-0.25, -0.2) is 4.98 Å². The number of anilines is 1. The highest BCUT2D eigenvalue weighted by molar-refractivity contribution is 5.96. The number of tetrazole rings is 1. The number of nitrogens with zero attached hydrogens (tertiary/aromatic N) is 8. The maximum absolute atomic E-state index is 13.5. The van der Waals surface area contributed by atoms with E-state index in [2.05, 4.69) is 47.7 Å². The molecule has 212 valence electrons. The summed E-state index contributed by atoms with van der Waals surface area (Å²) in [4.78, 5) is 40.2. The summed E-state index contributed by atoms with van der Waals surface area (Å²) in [7, 11) is 1.75. The lowest BCUT2D eigenvalue weighted by Gasteiger charge is -2.38. The number of aryl methyl sites for hydroxylation is 1. The average molecular weight is 564 g/mol. The summed E-state index contributed by atoms with van der Waals surface area (Å²) >= 11 is 0. The molecule has 2 amide bonds. The Morgan fingerprint density at radius 3 is 2.55 bits per heavy atom. The van der Waals surface area contributed by atoms with Gasteiger partial charge >= 0.3 is 0 Å². The van der Waals surface area contributed by atoms with Crippen LogP contribution in [0.4, 0.5) is 5.69 Å². The molecule has 3 aromatic heterocycles. The highest BCUT2D eigenvalue weighted by Gasteiger charge is 2.32. The van der Waals surface area contributed by atoms with Crippen molar-refractivity contribution in [2.24, 2.45) is 13.0 Å². The maximum Gasteiger partial charge on any atom is 0.272 e. The first kappa shape index (κ1) is 26.0. The third kappa shape index (κ3) is 5.23. The summed E-state index contributed by atoms with van der Waals surface area (Å²) in [6.45, 7) is 2.36. The molecular formula is C30H29N9O3. The number of aromatic nitrogens is 6. The van der Waals surface area contributed by atoms with Gasteiger partial charge in [0.2, 0.25) is 11.8 Å². The lowest BCUT2D eigenvalue weighted by atomic mass is 10.0. The molecule has 2 fully saturated rings. The van der Waals surface area contributed by atoms with Crippen molar-refractivity contribution in [1.82, 2.24) is 40.0 Å². The molecule has 0 radical (unpaired) electrons. The van der Waals surface area contributed by atoms with E-state index in [0.29, 0.717) is 65.9 Å². The van der Waals surface area contributed by atoms with Crippen LogP contribution in [-0.4, -0.2) is 78.0 Å². The number of oxazole rings is 1. The lowest BCUT2D eigenvalue weighted by molar-refractivity contribution is -0.117. The van der Waals surface area contributed by atoms with Crippen LogP contribution in [0.15, 0.2) is 71.3 Å². The number of benzene rings is 2. The normalized spacial score (nSPS) is 16.5. The van der Waals surface area contributed by atoms with Gasteiger partial charge in [-0.2, -0.15) is 4.80 Å². The molecule has 1 aliphatic carbocycles. The number of hydrogen-bond acceptors (Lipinski definition) is 9. The van der Waals surface area contributed by atoms with E-state index in [1.165, 1.54) is 4.80 Å². The van der Waals surface area contributed by atoms with Crippen LogP contribution in [-0.2, 0) is 11.8 Å². The topological polar surface area (TPSA) is 135 Å². The minimum Gasteiger partial charge on any atom is -0.436 e. The molecule has 5 aromatic rings. The van der Waals surface area contributed by atoms with Crippen LogP contribution >= 0.6 is 0 Å². The molecule has 2 aliphatic rings. The minimum absolute atomic E-state index is 0.0391. The van der Waals surface area contributed by atoms with Crippen LogP contribution in [0, 0.1) is 5.92 Å². The molecular weight excluding hydrogens is 534 g/mol. The molecule has 2 aromatic carbocycles. The molecule has 1 N–H and O–H groups in total. The van der Waals surface area contributed by atoms with Crippen LogP contribution < -0.4 is 5.32 Å². The quantitative estimate of drug-likeness (QED) is 0.316. The highest BCUT2D eigenvalue weighted by atomic mass is 16.3. The van der Waals surface area contributed by atoms with Crippen molar-refractivity contribution in [2.75, 3.05) is 31.5 Å². The van der Waals surface area contributed by atoms with E-state index in [-0.39, 0.29) is 23.8 Å². The Hall–Kier alpha value is -4.97. The molecule has 7 rings (SSSR count). The van der Waals surface area contributed by atoms with Gasteiger partial charge in [-0.05, 0) is 54.0 Å². The number of piperazine rings is 1. The van der Waals surface area contributed by atoms with E-state index in [1.54, 1.807) is 37.5 Å². The van der Waals surface area contributed by atoms with Gasteiger partial charge in [0.25, 0.3) is 5.91 Å². The number of rotatable bonds is 7. The number of pyridine rings is 1. The van der Waals surface area contributed by atoms with E-state index in [4.69, 9.17) is 4.42 Å². The van der Waals surface area contributed by atoms with Gasteiger partial charge in [-0.3, -0.25) is 19.5 Å². The Labute approximate surface area is 241 Å². The standard InChI is InChI=1S/C30H29N9O3/c1-37-35-27(34-36-37)26(19-5-3-2-4-6-19)38-13-15-39(16-14-38)30(41)24-17-21(11-12-31-24)29-33-23-18-22(9-10-25(23)42-29)32-28(40)20-7-8-20/h2-6,9-12,17-18,20,26H,7-8,13-16H2,1H3,(H,32,40)/t26-/m1/s1. The van der Waals surface area contributed by atoms with Gasteiger partial charge in [-0.15, -0.1) is 10.2 Å². The van der Waals surface area contributed by atoms with Crippen molar-refractivity contribution in [1.29, 1.82) is 0 Å². The zero-order valence-corrected chi connectivity index (χ0v) is 23.1. The van der Waals surface area contributed by atoms with Gasteiger partial charge in [0, 0.05) is 49.5 Å². The Morgan fingerprint density at radius 1 is 1.00 bits per heavy atom. The predicted octanol–water partition coefficient (Wildman–Crippen LogP) is 3.31. The summed E-state index contributed by atoms with van der Waals surface area (Å²) in [5.41, 5.74) is 3.98. The summed E-state index contributed by atoms with van der Waals surface area (Å²) in [5.74, 6) is 1.03. The van der Waals surface area contributed by atoms with Crippen LogP contribution in [0.5, 0.6) is 0 Å². The van der Waals surface area contributed by atoms with Gasteiger partial charge < -0.3 is 14.6 Å². The monoisotopic (exact) mass is 563 g/mol. The molecule has 42 heavy (non-hydrogen) atoms. The van der Waals surface area contributed by atoms with Gasteiger partial charge in [0.1, 0.15) is 11.2 Å². The van der Waals surface area contributed by atoms with Crippen molar-refractivity contribution >= 4 is 28.6 Å². The van der Waals surface area contributed by atoms with Crippen molar-refractivity contribution in [3.05, 3.63) is 83.9 Å². The fourth-order valence-electron chi connectivity index (χ4n) is 5.31. The van der Waals surface area contributed by atoms with E-state index in [1.807, 2.05) is 29.2 Å². The van der Waals surface area contributed by atoms with Crippen molar-refractivity contribution < 1.29 is 14.0 Å². The number of amides is 2. The van der Waals surface area contributed by atoms with Crippen molar-refractivity contribution in [2.45, 2.75) is 18.9 Å². The molecule has 4 heterocycles. The molecule has 12 nitrogen and oxygen atoms in total. The molecule has 1 atom stereocenters. The number of nitrogens with one attached hydrogen (secondary N) is 1. The fraction of sp³-hybridized carbons (Fsp3) is 0.300. The molecule has 1 saturated heterocycles. The predicted molar refractivity (Wildman–Crippen MR) is 153 cm³/mol. The first-order valence-corrected chi connectivity index (χ1v) is 14.0. The SMILES string of the molecule is Cn1nnc([C@@H](c2ccccc2)N2CCN(C(=O)c3cc(-c4nc5cc(NC(=O)C6CC6)ccc5o4)ccn3)CC2)n1. The zero-order valence-electron chi connectivity index (χ0n) is 23.1. The van der Waals surface area contributed by atoms with Crippen molar-refractivity contribution in [3.8, 4) is 11.5 Å². The Morgan fingerprint density at radius 2 is 1.81 bits per heavy atom. The minimum atomic E-state index is -0.152. The van der Waals surface area contributed by atoms with E-state index >= 15 is 0 Å². The second kappa shape index (κ2) is 10.8. The summed E-state index contributed by atoms with van der Waals surface area (Å²) in [6, 6.07) is 18.8. The van der Waals surface area contributed by atoms with Gasteiger partial charge in [0.15, 0.2) is 11.4 Å². The van der Waals surface area contributed by atoms with Gasteiger partial charge in [0.05, 0.1) is 13.1 Å². The number of carbonyl (C=O) groups excluding carboxylic acids is 2. The summed E-state index contributed by atoms with van der Waals surface area (Å²) in [5, 5.41) is 15.7. The van der Waals surface area contributed by atoms with Crippen molar-refractivity contribution in [3.63, 3.8) is 0 Å². The zero-order chi connectivity index (χ0) is 28.6. The fourth-order valence-corrected chi connectivity index (χ4v) is 5.31. The van der Waals surface area contributed by atoms with E-state index in [9.17, 15) is 9.59 Å². The largest absolute Gasteiger partial charge is 0.436 e. The second-order valence-electron chi connectivity index (χ2n) is 10.7. The summed E-state index contributed by atoms with van der Waals surface area (Å²) < 4.78 is 5.98. The smallest absolute Gasteiger partial charge is 0.272 e. The molecule has 0 spiro atoms. The molecule has 1 saturated carbocycles. The number of hydrogen-bond donors (Lipinski definition) is 1. The lowest BCUT2D eigenvalue weighted by Crippen LogP contribution is -2.50. The Balaban J connectivity index is 1.05. The molecule has 0 unspecified atom stereocenters. The summed E-state index contributed by atoms with van der Waals surface area (Å²) in [6.07, 6.45) is 3.48. The maximum atomic E-state index is 13.5. The third-order valence-corrected chi connectivity index (χ3v) is 7.68. The van der Waals surface area contributed by atoms with Gasteiger partial charge in [-0.1, -0.05) is 30.3 Å². The average Bonchev–Trinajstić information content (AvgIpc) is 3.66. The van der Waals surface area contributed by atoms with Crippen LogP contribution in [0.3, 0.4) is 0 Å².